The van der Waals surface area contributed by atoms with Crippen molar-refractivity contribution >= 4 is 22.9 Å². The Morgan fingerprint density at radius 1 is 1.11 bits per heavy atom. The number of aliphatic hydroxyl groups is 1. The van der Waals surface area contributed by atoms with Crippen molar-refractivity contribution in [2.45, 2.75) is 13.8 Å². The fourth-order valence-corrected chi connectivity index (χ4v) is 2.54. The van der Waals surface area contributed by atoms with Crippen LogP contribution in [0.25, 0.3) is 11.3 Å². The fourth-order valence-electron chi connectivity index (χ4n) is 2.54. The normalized spacial score (nSPS) is 17.1. The monoisotopic (exact) mass is 256 g/mol. The van der Waals surface area contributed by atoms with Crippen LogP contribution in [0.1, 0.15) is 34.0 Å². The van der Waals surface area contributed by atoms with E-state index in [9.17, 15) is 14.7 Å². The van der Waals surface area contributed by atoms with Gasteiger partial charge in [0.15, 0.2) is 0 Å². The predicted octanol–water partition coefficient (Wildman–Crippen LogP) is 1.85. The number of Topliss-reactive ketones (excluding diaryl/α,β-unsaturated/α-hetero) is 2. The number of hydrogen-bond donors (Lipinski definition) is 1. The summed E-state index contributed by atoms with van der Waals surface area (Å²) in [4.78, 5) is 24.1. The molecule has 0 saturated heterocycles. The first kappa shape index (κ1) is 11.9. The molecule has 2 aliphatic rings. The van der Waals surface area contributed by atoms with Gasteiger partial charge < -0.3 is 9.84 Å². The number of carbonyl (C=O) groups excluding carboxylic acids is 2. The lowest BCUT2D eigenvalue weighted by Gasteiger charge is -2.27. The topological polar surface area (TPSA) is 63.6 Å². The van der Waals surface area contributed by atoms with Crippen LogP contribution < -0.4 is 0 Å². The van der Waals surface area contributed by atoms with Crippen LogP contribution in [0.5, 0.6) is 0 Å². The van der Waals surface area contributed by atoms with Crippen molar-refractivity contribution in [3.8, 4) is 0 Å². The van der Waals surface area contributed by atoms with E-state index in [1.54, 1.807) is 19.9 Å². The molecule has 0 aromatic heterocycles. The highest BCUT2D eigenvalue weighted by molar-refractivity contribution is 6.52. The number of ether oxygens (including phenoxy) is 1. The average molecular weight is 256 g/mol. The summed E-state index contributed by atoms with van der Waals surface area (Å²) >= 11 is 0. The molecule has 4 nitrogen and oxygen atoms in total. The Balaban J connectivity index is 2.44. The number of hydrogen-bond acceptors (Lipinski definition) is 4. The highest BCUT2D eigenvalue weighted by Gasteiger charge is 2.36. The van der Waals surface area contributed by atoms with Crippen molar-refractivity contribution in [2.75, 3.05) is 6.61 Å². The Labute approximate surface area is 110 Å². The number of carbonyl (C=O) groups is 2. The minimum atomic E-state index is -0.524. The Morgan fingerprint density at radius 2 is 1.84 bits per heavy atom. The molecule has 3 rings (SSSR count). The highest BCUT2D eigenvalue weighted by atomic mass is 16.5. The molecule has 4 heteroatoms. The van der Waals surface area contributed by atoms with Gasteiger partial charge in [0.1, 0.15) is 5.76 Å². The molecule has 0 radical (unpaired) electrons. The summed E-state index contributed by atoms with van der Waals surface area (Å²) in [6.45, 7) is 3.20. The molecule has 1 aromatic rings. The molecule has 1 aliphatic carbocycles. The van der Waals surface area contributed by atoms with Crippen molar-refractivity contribution in [1.82, 2.24) is 0 Å². The van der Waals surface area contributed by atoms with Crippen LogP contribution in [-0.2, 0) is 9.53 Å². The van der Waals surface area contributed by atoms with E-state index in [0.29, 0.717) is 28.0 Å². The van der Waals surface area contributed by atoms with E-state index in [1.807, 2.05) is 6.07 Å². The smallest absolute Gasteiger partial charge is 0.234 e. The summed E-state index contributed by atoms with van der Waals surface area (Å²) < 4.78 is 5.46. The maximum absolute atomic E-state index is 12.2. The molecule has 0 unspecified atom stereocenters. The number of allylic oxidation sites excluding steroid dienone is 1. The van der Waals surface area contributed by atoms with E-state index in [1.165, 1.54) is 6.26 Å². The molecular weight excluding hydrogens is 244 g/mol. The van der Waals surface area contributed by atoms with Gasteiger partial charge in [0.05, 0.1) is 12.9 Å². The zero-order valence-electron chi connectivity index (χ0n) is 10.6. The second-order valence-corrected chi connectivity index (χ2v) is 4.71. The third-order valence-electron chi connectivity index (χ3n) is 3.59. The molecular formula is C15H12O4. The Hall–Kier alpha value is -2.20. The largest absolute Gasteiger partial charge is 0.463 e. The lowest BCUT2D eigenvalue weighted by molar-refractivity contribution is -0.111. The zero-order chi connectivity index (χ0) is 13.7. The van der Waals surface area contributed by atoms with Gasteiger partial charge in [0.25, 0.3) is 0 Å². The predicted molar refractivity (Wildman–Crippen MR) is 69.3 cm³/mol. The molecule has 1 aromatic carbocycles. The number of aryl methyl sites for hydroxylation is 1. The first-order chi connectivity index (χ1) is 9.06. The molecule has 96 valence electrons. The molecule has 0 bridgehead atoms. The lowest BCUT2D eigenvalue weighted by atomic mass is 9.81. The maximum atomic E-state index is 12.2. The maximum Gasteiger partial charge on any atom is 0.234 e. The standard InChI is InChI=1S/C15H12O4/c1-7-3-4-10-9(5-16)6-19-15-8(2)13(17)14(18)11(7)12(10)15/h3-4,6,16H,5H2,1-2H3. The molecule has 19 heavy (non-hydrogen) atoms. The van der Waals surface area contributed by atoms with Crippen LogP contribution in [0.15, 0.2) is 24.0 Å². The lowest BCUT2D eigenvalue weighted by Crippen LogP contribution is -2.26. The summed E-state index contributed by atoms with van der Waals surface area (Å²) in [6, 6.07) is 3.63. The minimum absolute atomic E-state index is 0.177. The molecule has 0 amide bonds. The van der Waals surface area contributed by atoms with Crippen LogP contribution in [0.4, 0.5) is 0 Å². The van der Waals surface area contributed by atoms with Gasteiger partial charge >= 0.3 is 0 Å². The number of benzene rings is 1. The van der Waals surface area contributed by atoms with E-state index in [0.717, 1.165) is 11.1 Å². The molecule has 0 spiro atoms. The van der Waals surface area contributed by atoms with Crippen LogP contribution in [0, 0.1) is 6.92 Å². The van der Waals surface area contributed by atoms with Crippen molar-refractivity contribution < 1.29 is 19.4 Å². The average Bonchev–Trinajstić information content (AvgIpc) is 2.42. The molecule has 1 N–H and O–H groups in total. The van der Waals surface area contributed by atoms with Crippen LogP contribution in [0.2, 0.25) is 0 Å². The van der Waals surface area contributed by atoms with Crippen LogP contribution >= 0.6 is 0 Å². The highest BCUT2D eigenvalue weighted by Crippen LogP contribution is 2.40. The third kappa shape index (κ3) is 1.43. The van der Waals surface area contributed by atoms with E-state index in [4.69, 9.17) is 4.74 Å². The van der Waals surface area contributed by atoms with Crippen molar-refractivity contribution in [2.24, 2.45) is 0 Å². The van der Waals surface area contributed by atoms with E-state index in [-0.39, 0.29) is 6.61 Å². The fraction of sp³-hybridized carbons (Fsp3) is 0.200. The SMILES string of the molecule is CC1=C2OC=C(CO)c3ccc(C)c(c32)C(=O)C1=O. The first-order valence-electron chi connectivity index (χ1n) is 5.97. The molecule has 0 saturated carbocycles. The van der Waals surface area contributed by atoms with Crippen molar-refractivity contribution in [3.63, 3.8) is 0 Å². The van der Waals surface area contributed by atoms with E-state index in [2.05, 4.69) is 0 Å². The van der Waals surface area contributed by atoms with Crippen LogP contribution in [0.3, 0.4) is 0 Å². The Bertz CT molecular complexity index is 692. The summed E-state index contributed by atoms with van der Waals surface area (Å²) in [5, 5.41) is 9.34. The van der Waals surface area contributed by atoms with Gasteiger partial charge in [-0.2, -0.15) is 0 Å². The van der Waals surface area contributed by atoms with Gasteiger partial charge in [0, 0.05) is 22.3 Å². The Morgan fingerprint density at radius 3 is 2.53 bits per heavy atom. The molecule has 1 aliphatic heterocycles. The second kappa shape index (κ2) is 3.90. The van der Waals surface area contributed by atoms with E-state index >= 15 is 0 Å². The summed E-state index contributed by atoms with van der Waals surface area (Å²) in [5.74, 6) is -0.600. The number of ketones is 2. The zero-order valence-corrected chi connectivity index (χ0v) is 10.6. The van der Waals surface area contributed by atoms with E-state index < -0.39 is 11.6 Å². The molecule has 0 fully saturated rings. The third-order valence-corrected chi connectivity index (χ3v) is 3.59. The molecule has 1 heterocycles. The van der Waals surface area contributed by atoms with Crippen molar-refractivity contribution in [3.05, 3.63) is 46.2 Å². The summed E-state index contributed by atoms with van der Waals surface area (Å²) in [7, 11) is 0. The van der Waals surface area contributed by atoms with Crippen LogP contribution in [-0.4, -0.2) is 23.3 Å². The number of aliphatic hydroxyl groups excluding tert-OH is 1. The van der Waals surface area contributed by atoms with Gasteiger partial charge in [0.2, 0.25) is 11.6 Å². The number of rotatable bonds is 1. The van der Waals surface area contributed by atoms with Crippen molar-refractivity contribution in [1.29, 1.82) is 0 Å². The summed E-state index contributed by atoms with van der Waals surface area (Å²) in [5.41, 5.74) is 3.44. The van der Waals surface area contributed by atoms with Gasteiger partial charge in [-0.15, -0.1) is 0 Å². The van der Waals surface area contributed by atoms with Gasteiger partial charge in [-0.05, 0) is 25.0 Å². The second-order valence-electron chi connectivity index (χ2n) is 4.71. The minimum Gasteiger partial charge on any atom is -0.463 e. The first-order valence-corrected chi connectivity index (χ1v) is 5.97. The van der Waals surface area contributed by atoms with Gasteiger partial charge in [-0.25, -0.2) is 0 Å². The Kier molecular flexibility index (Phi) is 2.43. The van der Waals surface area contributed by atoms with Gasteiger partial charge in [-0.3, -0.25) is 9.59 Å². The molecule has 0 atom stereocenters. The summed E-state index contributed by atoms with van der Waals surface area (Å²) in [6.07, 6.45) is 1.43. The van der Waals surface area contributed by atoms with Gasteiger partial charge in [-0.1, -0.05) is 12.1 Å². The quantitative estimate of drug-likeness (QED) is 0.779.